The Morgan fingerprint density at radius 3 is 2.41 bits per heavy atom. The van der Waals surface area contributed by atoms with E-state index in [2.05, 4.69) is 16.7 Å². The van der Waals surface area contributed by atoms with E-state index in [-0.39, 0.29) is 18.4 Å². The number of nitrogens with one attached hydrogen (secondary N) is 2. The molecule has 0 fully saturated rings. The maximum atomic E-state index is 11.8. The van der Waals surface area contributed by atoms with Gasteiger partial charge in [-0.2, -0.15) is 0 Å². The van der Waals surface area contributed by atoms with Crippen molar-refractivity contribution in [3.8, 4) is 0 Å². The normalized spacial score (nSPS) is 10.1. The van der Waals surface area contributed by atoms with Gasteiger partial charge in [-0.15, -0.1) is 0 Å². The van der Waals surface area contributed by atoms with Gasteiger partial charge in [-0.1, -0.05) is 42.0 Å². The molecular weight excluding hydrogens is 276 g/mol. The molecule has 0 atom stereocenters. The van der Waals surface area contributed by atoms with Crippen molar-refractivity contribution in [2.75, 3.05) is 6.54 Å². The van der Waals surface area contributed by atoms with Crippen molar-refractivity contribution in [1.29, 1.82) is 0 Å². The molecule has 2 N–H and O–H groups in total. The largest absolute Gasteiger partial charge is 0.350 e. The molecule has 0 heterocycles. The summed E-state index contributed by atoms with van der Waals surface area (Å²) in [4.78, 5) is 23.7. The van der Waals surface area contributed by atoms with Gasteiger partial charge in [0.2, 0.25) is 5.91 Å². The molecule has 22 heavy (non-hydrogen) atoms. The first-order chi connectivity index (χ1) is 10.6. The van der Waals surface area contributed by atoms with E-state index >= 15 is 0 Å². The molecule has 2 aromatic carbocycles. The van der Waals surface area contributed by atoms with Gasteiger partial charge in [0.1, 0.15) is 0 Å². The summed E-state index contributed by atoms with van der Waals surface area (Å²) in [5.74, 6) is -0.451. The predicted octanol–water partition coefficient (Wildman–Crippen LogP) is 2.35. The van der Waals surface area contributed by atoms with Gasteiger partial charge in [0, 0.05) is 12.1 Å². The SMILES string of the molecule is Cc1ccc(C)c(CNC(=O)CNC(=O)c2ccccc2)c1. The van der Waals surface area contributed by atoms with Crippen molar-refractivity contribution in [2.24, 2.45) is 0 Å². The van der Waals surface area contributed by atoms with E-state index in [0.717, 1.165) is 16.7 Å². The Bertz CT molecular complexity index is 666. The number of aryl methyl sites for hydroxylation is 2. The summed E-state index contributed by atoms with van der Waals surface area (Å²) in [6, 6.07) is 15.0. The summed E-state index contributed by atoms with van der Waals surface area (Å²) in [7, 11) is 0. The minimum atomic E-state index is -0.248. The Kier molecular flexibility index (Phi) is 5.31. The summed E-state index contributed by atoms with van der Waals surface area (Å²) >= 11 is 0. The van der Waals surface area contributed by atoms with Gasteiger partial charge in [0.25, 0.3) is 5.91 Å². The van der Waals surface area contributed by atoms with Gasteiger partial charge < -0.3 is 10.6 Å². The van der Waals surface area contributed by atoms with Crippen LogP contribution in [-0.4, -0.2) is 18.4 Å². The molecule has 0 bridgehead atoms. The molecule has 4 heteroatoms. The quantitative estimate of drug-likeness (QED) is 0.890. The summed E-state index contributed by atoms with van der Waals surface area (Å²) in [5, 5.41) is 5.43. The number of rotatable bonds is 5. The number of amides is 2. The van der Waals surface area contributed by atoms with E-state index < -0.39 is 0 Å². The molecule has 2 rings (SSSR count). The number of hydrogen-bond acceptors (Lipinski definition) is 2. The van der Waals surface area contributed by atoms with E-state index in [1.54, 1.807) is 24.3 Å². The molecule has 4 nitrogen and oxygen atoms in total. The fourth-order valence-corrected chi connectivity index (χ4v) is 2.10. The van der Waals surface area contributed by atoms with Crippen molar-refractivity contribution < 1.29 is 9.59 Å². The van der Waals surface area contributed by atoms with Crippen LogP contribution >= 0.6 is 0 Å². The van der Waals surface area contributed by atoms with Gasteiger partial charge in [-0.25, -0.2) is 0 Å². The fraction of sp³-hybridized carbons (Fsp3) is 0.222. The van der Waals surface area contributed by atoms with Crippen LogP contribution in [0.3, 0.4) is 0 Å². The summed E-state index contributed by atoms with van der Waals surface area (Å²) in [6.45, 7) is 4.47. The van der Waals surface area contributed by atoms with Gasteiger partial charge in [-0.3, -0.25) is 9.59 Å². The Morgan fingerprint density at radius 2 is 1.68 bits per heavy atom. The summed E-state index contributed by atoms with van der Waals surface area (Å²) < 4.78 is 0. The van der Waals surface area contributed by atoms with E-state index in [1.165, 1.54) is 0 Å². The summed E-state index contributed by atoms with van der Waals surface area (Å²) in [5.41, 5.74) is 3.93. The molecule has 2 aromatic rings. The van der Waals surface area contributed by atoms with Crippen molar-refractivity contribution in [3.63, 3.8) is 0 Å². The van der Waals surface area contributed by atoms with Crippen LogP contribution in [0, 0.1) is 13.8 Å². The van der Waals surface area contributed by atoms with Crippen LogP contribution in [0.2, 0.25) is 0 Å². The second-order valence-electron chi connectivity index (χ2n) is 5.26. The third kappa shape index (κ3) is 4.45. The summed E-state index contributed by atoms with van der Waals surface area (Å²) in [6.07, 6.45) is 0. The van der Waals surface area contributed by atoms with Crippen LogP contribution in [0.4, 0.5) is 0 Å². The average Bonchev–Trinajstić information content (AvgIpc) is 2.54. The van der Waals surface area contributed by atoms with Gasteiger partial charge in [0.05, 0.1) is 6.54 Å². The van der Waals surface area contributed by atoms with Crippen molar-refractivity contribution >= 4 is 11.8 Å². The molecule has 0 saturated heterocycles. The minimum absolute atomic E-state index is 0.0292. The van der Waals surface area contributed by atoms with E-state index in [9.17, 15) is 9.59 Å². The molecule has 2 amide bonds. The van der Waals surface area contributed by atoms with Crippen LogP contribution in [0.5, 0.6) is 0 Å². The zero-order valence-electron chi connectivity index (χ0n) is 12.8. The highest BCUT2D eigenvalue weighted by Crippen LogP contribution is 2.10. The van der Waals surface area contributed by atoms with Crippen molar-refractivity contribution in [2.45, 2.75) is 20.4 Å². The molecule has 0 radical (unpaired) electrons. The third-order valence-corrected chi connectivity index (χ3v) is 3.43. The predicted molar refractivity (Wildman–Crippen MR) is 86.5 cm³/mol. The average molecular weight is 296 g/mol. The second-order valence-corrected chi connectivity index (χ2v) is 5.26. The lowest BCUT2D eigenvalue weighted by molar-refractivity contribution is -0.120. The molecule has 0 aliphatic carbocycles. The first kappa shape index (κ1) is 15.8. The number of carbonyl (C=O) groups excluding carboxylic acids is 2. The molecule has 114 valence electrons. The smallest absolute Gasteiger partial charge is 0.251 e. The lowest BCUT2D eigenvalue weighted by atomic mass is 10.1. The van der Waals surface area contributed by atoms with Crippen LogP contribution in [0.1, 0.15) is 27.0 Å². The monoisotopic (exact) mass is 296 g/mol. The van der Waals surface area contributed by atoms with Crippen molar-refractivity contribution in [1.82, 2.24) is 10.6 Å². The van der Waals surface area contributed by atoms with Gasteiger partial charge in [-0.05, 0) is 37.1 Å². The highest BCUT2D eigenvalue weighted by Gasteiger charge is 2.07. The van der Waals surface area contributed by atoms with Gasteiger partial charge in [0.15, 0.2) is 0 Å². The molecular formula is C18H20N2O2. The maximum Gasteiger partial charge on any atom is 0.251 e. The molecule has 0 aromatic heterocycles. The van der Waals surface area contributed by atoms with E-state index in [0.29, 0.717) is 12.1 Å². The first-order valence-corrected chi connectivity index (χ1v) is 7.22. The van der Waals surface area contributed by atoms with Crippen molar-refractivity contribution in [3.05, 3.63) is 70.8 Å². The zero-order valence-corrected chi connectivity index (χ0v) is 12.8. The minimum Gasteiger partial charge on any atom is -0.350 e. The Labute approximate surface area is 130 Å². The topological polar surface area (TPSA) is 58.2 Å². The van der Waals surface area contributed by atoms with Crippen LogP contribution in [0.15, 0.2) is 48.5 Å². The first-order valence-electron chi connectivity index (χ1n) is 7.22. The van der Waals surface area contributed by atoms with Crippen LogP contribution in [0.25, 0.3) is 0 Å². The van der Waals surface area contributed by atoms with Crippen LogP contribution in [-0.2, 0) is 11.3 Å². The highest BCUT2D eigenvalue weighted by molar-refractivity contribution is 5.96. The lowest BCUT2D eigenvalue weighted by Gasteiger charge is -2.10. The standard InChI is InChI=1S/C18H20N2O2/c1-13-8-9-14(2)16(10-13)11-19-17(21)12-20-18(22)15-6-4-3-5-7-15/h3-10H,11-12H2,1-2H3,(H,19,21)(H,20,22). The molecule has 0 saturated carbocycles. The number of carbonyl (C=O) groups is 2. The number of benzene rings is 2. The lowest BCUT2D eigenvalue weighted by Crippen LogP contribution is -2.36. The highest BCUT2D eigenvalue weighted by atomic mass is 16.2. The second kappa shape index (κ2) is 7.41. The molecule has 0 aliphatic rings. The van der Waals surface area contributed by atoms with Crippen LogP contribution < -0.4 is 10.6 Å². The Balaban J connectivity index is 1.81. The van der Waals surface area contributed by atoms with Gasteiger partial charge >= 0.3 is 0 Å². The molecule has 0 unspecified atom stereocenters. The van der Waals surface area contributed by atoms with E-state index in [1.807, 2.05) is 32.0 Å². The molecule has 0 spiro atoms. The fourth-order valence-electron chi connectivity index (χ4n) is 2.10. The number of hydrogen-bond donors (Lipinski definition) is 2. The maximum absolute atomic E-state index is 11.8. The third-order valence-electron chi connectivity index (χ3n) is 3.43. The zero-order chi connectivity index (χ0) is 15.9. The molecule has 0 aliphatic heterocycles. The Morgan fingerprint density at radius 1 is 0.955 bits per heavy atom. The van der Waals surface area contributed by atoms with E-state index in [4.69, 9.17) is 0 Å². The Hall–Kier alpha value is -2.62.